The summed E-state index contributed by atoms with van der Waals surface area (Å²) in [6, 6.07) is 0. The smallest absolute Gasteiger partial charge is 0.311 e. The molecular weight excluding hydrogens is 212 g/mol. The number of aliphatic carboxylic acids is 2. The van der Waals surface area contributed by atoms with Crippen molar-refractivity contribution in [2.45, 2.75) is 27.2 Å². The Morgan fingerprint density at radius 2 is 1.88 bits per heavy atom. The second kappa shape index (κ2) is 6.19. The zero-order chi connectivity index (χ0) is 12.8. The third kappa shape index (κ3) is 4.37. The van der Waals surface area contributed by atoms with Crippen LogP contribution in [0.4, 0.5) is 0 Å². The molecule has 2 atom stereocenters. The van der Waals surface area contributed by atoms with Gasteiger partial charge in [0.25, 0.3) is 0 Å². The number of carboxylic acid groups (broad SMARTS) is 2. The minimum atomic E-state index is -0.935. The van der Waals surface area contributed by atoms with Crippen molar-refractivity contribution >= 4 is 11.9 Å². The molecule has 0 heterocycles. The molecule has 0 saturated carbocycles. The van der Waals surface area contributed by atoms with Gasteiger partial charge in [-0.2, -0.15) is 10.2 Å². The van der Waals surface area contributed by atoms with Gasteiger partial charge in [-0.25, -0.2) is 0 Å². The molecule has 6 nitrogen and oxygen atoms in total. The molecule has 2 N–H and O–H groups in total. The lowest BCUT2D eigenvalue weighted by atomic mass is 9.88. The SMILES string of the molecule is CCC(C)(CN=NCC(C)C(=O)O)C(=O)O. The monoisotopic (exact) mass is 230 g/mol. The van der Waals surface area contributed by atoms with E-state index in [9.17, 15) is 9.59 Å². The number of carboxylic acids is 2. The molecule has 0 spiro atoms. The molecule has 0 aliphatic carbocycles. The molecule has 0 aromatic heterocycles. The molecule has 6 heteroatoms. The molecule has 16 heavy (non-hydrogen) atoms. The highest BCUT2D eigenvalue weighted by Gasteiger charge is 2.30. The number of azo groups is 1. The quantitative estimate of drug-likeness (QED) is 0.649. The molecule has 0 rings (SSSR count). The minimum absolute atomic E-state index is 0.0746. The first-order valence-corrected chi connectivity index (χ1v) is 5.13. The van der Waals surface area contributed by atoms with Gasteiger partial charge in [0.1, 0.15) is 0 Å². The first kappa shape index (κ1) is 14.5. The van der Waals surface area contributed by atoms with Gasteiger partial charge in [-0.1, -0.05) is 13.8 Å². The molecule has 0 aliphatic heterocycles. The average Bonchev–Trinajstić information content (AvgIpc) is 2.23. The maximum Gasteiger partial charge on any atom is 0.311 e. The fraction of sp³-hybridized carbons (Fsp3) is 0.800. The predicted molar refractivity (Wildman–Crippen MR) is 57.4 cm³/mol. The van der Waals surface area contributed by atoms with Crippen molar-refractivity contribution < 1.29 is 19.8 Å². The van der Waals surface area contributed by atoms with Gasteiger partial charge < -0.3 is 10.2 Å². The van der Waals surface area contributed by atoms with E-state index in [1.54, 1.807) is 13.8 Å². The van der Waals surface area contributed by atoms with Gasteiger partial charge in [0.15, 0.2) is 0 Å². The Hall–Kier alpha value is -1.46. The molecule has 0 aromatic carbocycles. The number of carbonyl (C=O) groups is 2. The maximum absolute atomic E-state index is 10.9. The summed E-state index contributed by atoms with van der Waals surface area (Å²) >= 11 is 0. The lowest BCUT2D eigenvalue weighted by Gasteiger charge is -2.19. The largest absolute Gasteiger partial charge is 0.481 e. The van der Waals surface area contributed by atoms with Crippen LogP contribution in [0.15, 0.2) is 10.2 Å². The zero-order valence-electron chi connectivity index (χ0n) is 9.80. The molecule has 0 fully saturated rings. The van der Waals surface area contributed by atoms with Crippen LogP contribution in [-0.2, 0) is 9.59 Å². The van der Waals surface area contributed by atoms with Crippen molar-refractivity contribution in [3.8, 4) is 0 Å². The van der Waals surface area contributed by atoms with E-state index in [1.807, 2.05) is 0 Å². The van der Waals surface area contributed by atoms with Crippen molar-refractivity contribution in [3.05, 3.63) is 0 Å². The van der Waals surface area contributed by atoms with Gasteiger partial charge in [0, 0.05) is 0 Å². The molecule has 2 unspecified atom stereocenters. The summed E-state index contributed by atoms with van der Waals surface area (Å²) in [4.78, 5) is 21.4. The highest BCUT2D eigenvalue weighted by atomic mass is 16.4. The van der Waals surface area contributed by atoms with Gasteiger partial charge >= 0.3 is 11.9 Å². The predicted octanol–water partition coefficient (Wildman–Crippen LogP) is 1.66. The highest BCUT2D eigenvalue weighted by molar-refractivity contribution is 5.74. The summed E-state index contributed by atoms with van der Waals surface area (Å²) in [6.45, 7) is 5.04. The van der Waals surface area contributed by atoms with Crippen molar-refractivity contribution in [2.24, 2.45) is 21.6 Å². The molecule has 0 amide bonds. The van der Waals surface area contributed by atoms with Crippen LogP contribution in [0.1, 0.15) is 27.2 Å². The number of hydrogen-bond donors (Lipinski definition) is 2. The Labute approximate surface area is 94.4 Å². The van der Waals surface area contributed by atoms with E-state index >= 15 is 0 Å². The molecular formula is C10H18N2O4. The van der Waals surface area contributed by atoms with Crippen molar-refractivity contribution in [1.29, 1.82) is 0 Å². The molecule has 0 radical (unpaired) electrons. The van der Waals surface area contributed by atoms with E-state index < -0.39 is 23.3 Å². The summed E-state index contributed by atoms with van der Waals surface area (Å²) in [5.74, 6) is -2.45. The summed E-state index contributed by atoms with van der Waals surface area (Å²) < 4.78 is 0. The normalized spacial score (nSPS) is 16.9. The van der Waals surface area contributed by atoms with E-state index in [4.69, 9.17) is 10.2 Å². The van der Waals surface area contributed by atoms with Gasteiger partial charge in [0.2, 0.25) is 0 Å². The summed E-state index contributed by atoms with van der Waals surface area (Å²) in [6.07, 6.45) is 0.454. The standard InChI is InChI=1S/C10H18N2O4/c1-4-10(3,9(15)16)6-12-11-5-7(2)8(13)14/h7H,4-6H2,1-3H3,(H,13,14)(H,15,16). The van der Waals surface area contributed by atoms with Crippen LogP contribution in [0.5, 0.6) is 0 Å². The molecule has 0 aromatic rings. The molecule has 92 valence electrons. The average molecular weight is 230 g/mol. The lowest BCUT2D eigenvalue weighted by Crippen LogP contribution is -2.29. The highest BCUT2D eigenvalue weighted by Crippen LogP contribution is 2.21. The number of hydrogen-bond acceptors (Lipinski definition) is 4. The second-order valence-electron chi connectivity index (χ2n) is 4.08. The van der Waals surface area contributed by atoms with Crippen LogP contribution in [-0.4, -0.2) is 35.2 Å². The molecule has 0 saturated heterocycles. The molecule has 0 bridgehead atoms. The Balaban J connectivity index is 4.18. The van der Waals surface area contributed by atoms with Crippen molar-refractivity contribution in [2.75, 3.05) is 13.1 Å². The topological polar surface area (TPSA) is 99.3 Å². The van der Waals surface area contributed by atoms with E-state index in [0.717, 1.165) is 0 Å². The zero-order valence-corrected chi connectivity index (χ0v) is 9.80. The van der Waals surface area contributed by atoms with Gasteiger partial charge in [-0.05, 0) is 13.3 Å². The van der Waals surface area contributed by atoms with Gasteiger partial charge in [0.05, 0.1) is 24.4 Å². The van der Waals surface area contributed by atoms with Crippen molar-refractivity contribution in [3.63, 3.8) is 0 Å². The summed E-state index contributed by atoms with van der Waals surface area (Å²) in [5, 5.41) is 24.9. The van der Waals surface area contributed by atoms with E-state index in [-0.39, 0.29) is 13.1 Å². The van der Waals surface area contributed by atoms with E-state index in [2.05, 4.69) is 10.2 Å². The Morgan fingerprint density at radius 3 is 2.25 bits per heavy atom. The molecule has 0 aliphatic rings. The van der Waals surface area contributed by atoms with Crippen LogP contribution in [0, 0.1) is 11.3 Å². The Bertz CT molecular complexity index is 291. The fourth-order valence-electron chi connectivity index (χ4n) is 0.795. The minimum Gasteiger partial charge on any atom is -0.481 e. The van der Waals surface area contributed by atoms with E-state index in [0.29, 0.717) is 6.42 Å². The Morgan fingerprint density at radius 1 is 1.31 bits per heavy atom. The van der Waals surface area contributed by atoms with Crippen LogP contribution in [0.25, 0.3) is 0 Å². The van der Waals surface area contributed by atoms with Crippen LogP contribution in [0.2, 0.25) is 0 Å². The fourth-order valence-corrected chi connectivity index (χ4v) is 0.795. The second-order valence-corrected chi connectivity index (χ2v) is 4.08. The van der Waals surface area contributed by atoms with Crippen molar-refractivity contribution in [1.82, 2.24) is 0 Å². The number of rotatable bonds is 7. The first-order chi connectivity index (χ1) is 7.33. The maximum atomic E-state index is 10.9. The summed E-state index contributed by atoms with van der Waals surface area (Å²) in [5.41, 5.74) is -0.921. The first-order valence-electron chi connectivity index (χ1n) is 5.13. The van der Waals surface area contributed by atoms with Crippen LogP contribution < -0.4 is 0 Å². The third-order valence-electron chi connectivity index (χ3n) is 2.59. The summed E-state index contributed by atoms with van der Waals surface area (Å²) in [7, 11) is 0. The van der Waals surface area contributed by atoms with Gasteiger partial charge in [-0.15, -0.1) is 0 Å². The van der Waals surface area contributed by atoms with Crippen LogP contribution >= 0.6 is 0 Å². The van der Waals surface area contributed by atoms with Gasteiger partial charge in [-0.3, -0.25) is 9.59 Å². The van der Waals surface area contributed by atoms with E-state index in [1.165, 1.54) is 6.92 Å². The number of nitrogens with zero attached hydrogens (tertiary/aromatic N) is 2. The lowest BCUT2D eigenvalue weighted by molar-refractivity contribution is -0.147. The van der Waals surface area contributed by atoms with Crippen LogP contribution in [0.3, 0.4) is 0 Å². The Kier molecular flexibility index (Phi) is 5.63. The third-order valence-corrected chi connectivity index (χ3v) is 2.59.